The Morgan fingerprint density at radius 2 is 2.10 bits per heavy atom. The lowest BCUT2D eigenvalue weighted by Gasteiger charge is -2.12. The summed E-state index contributed by atoms with van der Waals surface area (Å²) in [6.45, 7) is 1.04. The zero-order chi connectivity index (χ0) is 14.7. The summed E-state index contributed by atoms with van der Waals surface area (Å²) >= 11 is 1.81. The van der Waals surface area contributed by atoms with Crippen LogP contribution in [0.15, 0.2) is 47.4 Å². The number of hydrogen-bond acceptors (Lipinski definition) is 3. The average Bonchev–Trinajstić information content (AvgIpc) is 2.89. The quantitative estimate of drug-likeness (QED) is 0.919. The molecule has 2 N–H and O–H groups in total. The molecule has 1 aliphatic heterocycles. The van der Waals surface area contributed by atoms with Crippen LogP contribution < -0.4 is 10.5 Å². The normalized spacial score (nSPS) is 16.8. The van der Waals surface area contributed by atoms with Gasteiger partial charge >= 0.3 is 0 Å². The molecule has 0 saturated carbocycles. The number of benzene rings is 2. The van der Waals surface area contributed by atoms with E-state index in [0.29, 0.717) is 30.6 Å². The Kier molecular flexibility index (Phi) is 4.46. The van der Waals surface area contributed by atoms with Crippen LogP contribution in [0.4, 0.5) is 4.39 Å². The number of thioether (sulfide) groups is 1. The lowest BCUT2D eigenvalue weighted by molar-refractivity contribution is 0.301. The maximum Gasteiger partial charge on any atom is 0.165 e. The molecule has 1 atom stereocenters. The van der Waals surface area contributed by atoms with E-state index < -0.39 is 0 Å². The van der Waals surface area contributed by atoms with Crippen LogP contribution in [0.2, 0.25) is 0 Å². The molecule has 1 heterocycles. The summed E-state index contributed by atoms with van der Waals surface area (Å²) in [5.74, 6) is 0.0220. The van der Waals surface area contributed by atoms with Crippen molar-refractivity contribution in [3.8, 4) is 5.75 Å². The lowest BCUT2D eigenvalue weighted by Crippen LogP contribution is -2.14. The van der Waals surface area contributed by atoms with E-state index in [9.17, 15) is 4.39 Å². The average molecular weight is 303 g/mol. The number of nitrogens with two attached hydrogens (primary N) is 1. The van der Waals surface area contributed by atoms with Crippen LogP contribution in [0.1, 0.15) is 11.1 Å². The molecule has 3 rings (SSSR count). The summed E-state index contributed by atoms with van der Waals surface area (Å²) in [5, 5.41) is 0.352. The number of hydrogen-bond donors (Lipinski definition) is 1. The highest BCUT2D eigenvalue weighted by molar-refractivity contribution is 8.00. The monoisotopic (exact) mass is 303 g/mol. The van der Waals surface area contributed by atoms with Crippen LogP contribution in [0.5, 0.6) is 5.75 Å². The summed E-state index contributed by atoms with van der Waals surface area (Å²) in [6.07, 6.45) is 1.67. The minimum atomic E-state index is -0.304. The first kappa shape index (κ1) is 14.4. The Morgan fingerprint density at radius 1 is 1.24 bits per heavy atom. The molecule has 4 heteroatoms. The summed E-state index contributed by atoms with van der Waals surface area (Å²) in [5.41, 5.74) is 7.74. The van der Waals surface area contributed by atoms with Gasteiger partial charge in [0.05, 0.1) is 0 Å². The Morgan fingerprint density at radius 3 is 2.86 bits per heavy atom. The topological polar surface area (TPSA) is 35.2 Å². The van der Waals surface area contributed by atoms with Crippen LogP contribution >= 0.6 is 11.8 Å². The van der Waals surface area contributed by atoms with Crippen molar-refractivity contribution in [3.63, 3.8) is 0 Å². The maximum absolute atomic E-state index is 13.9. The smallest absolute Gasteiger partial charge is 0.165 e. The number of halogens is 1. The predicted molar refractivity (Wildman–Crippen MR) is 84.4 cm³/mol. The van der Waals surface area contributed by atoms with Crippen LogP contribution in [0.25, 0.3) is 0 Å². The van der Waals surface area contributed by atoms with Gasteiger partial charge in [0.2, 0.25) is 0 Å². The zero-order valence-electron chi connectivity index (χ0n) is 11.7. The molecule has 110 valence electrons. The van der Waals surface area contributed by atoms with Gasteiger partial charge in [-0.1, -0.05) is 24.3 Å². The summed E-state index contributed by atoms with van der Waals surface area (Å²) < 4.78 is 19.6. The highest BCUT2D eigenvalue weighted by atomic mass is 32.2. The molecule has 1 aliphatic rings. The molecule has 2 aromatic carbocycles. The van der Waals surface area contributed by atoms with E-state index in [4.69, 9.17) is 10.5 Å². The van der Waals surface area contributed by atoms with Gasteiger partial charge < -0.3 is 10.5 Å². The summed E-state index contributed by atoms with van der Waals surface area (Å²) in [7, 11) is 0. The molecule has 0 aromatic heterocycles. The number of fused-ring (bicyclic) bond motifs is 1. The van der Waals surface area contributed by atoms with Gasteiger partial charge in [-0.3, -0.25) is 0 Å². The number of rotatable bonds is 5. The minimum absolute atomic E-state index is 0.304. The van der Waals surface area contributed by atoms with Gasteiger partial charge in [0.15, 0.2) is 11.6 Å². The van der Waals surface area contributed by atoms with Gasteiger partial charge in [0.1, 0.15) is 6.61 Å². The van der Waals surface area contributed by atoms with Crippen LogP contribution in [0, 0.1) is 5.82 Å². The van der Waals surface area contributed by atoms with Gasteiger partial charge in [-0.05, 0) is 48.7 Å². The fraction of sp³-hybridized carbons (Fsp3) is 0.294. The first-order valence-corrected chi connectivity index (χ1v) is 8.00. The van der Waals surface area contributed by atoms with E-state index in [-0.39, 0.29) is 5.82 Å². The van der Waals surface area contributed by atoms with Crippen molar-refractivity contribution in [3.05, 3.63) is 59.4 Å². The predicted octanol–water partition coefficient (Wildman–Crippen LogP) is 3.42. The van der Waals surface area contributed by atoms with E-state index in [1.807, 2.05) is 23.9 Å². The second kappa shape index (κ2) is 6.50. The Balaban J connectivity index is 1.59. The third-order valence-electron chi connectivity index (χ3n) is 3.57. The highest BCUT2D eigenvalue weighted by Gasteiger charge is 2.22. The molecule has 1 unspecified atom stereocenters. The standard InChI is InChI=1S/C17H18FNOS/c18-15-9-12(7-8-19)5-6-16(15)20-11-14-10-13-3-1-2-4-17(13)21-14/h1-6,9,14H,7-8,10-11,19H2. The van der Waals surface area contributed by atoms with Crippen molar-refractivity contribution in [2.75, 3.05) is 13.2 Å². The fourth-order valence-corrected chi connectivity index (χ4v) is 3.73. The molecule has 0 fully saturated rings. The van der Waals surface area contributed by atoms with Crippen molar-refractivity contribution in [1.29, 1.82) is 0 Å². The largest absolute Gasteiger partial charge is 0.489 e. The van der Waals surface area contributed by atoms with Crippen molar-refractivity contribution >= 4 is 11.8 Å². The molecule has 0 bridgehead atoms. The van der Waals surface area contributed by atoms with Crippen molar-refractivity contribution in [2.24, 2.45) is 5.73 Å². The Bertz CT molecular complexity index is 607. The Labute approximate surface area is 128 Å². The second-order valence-electron chi connectivity index (χ2n) is 5.17. The van der Waals surface area contributed by atoms with Gasteiger partial charge in [-0.2, -0.15) is 0 Å². The summed E-state index contributed by atoms with van der Waals surface area (Å²) in [6, 6.07) is 13.5. The SMILES string of the molecule is NCCc1ccc(OCC2Cc3ccccc3S2)c(F)c1. The minimum Gasteiger partial charge on any atom is -0.489 e. The highest BCUT2D eigenvalue weighted by Crippen LogP contribution is 2.37. The van der Waals surface area contributed by atoms with Crippen molar-refractivity contribution < 1.29 is 9.13 Å². The van der Waals surface area contributed by atoms with E-state index in [1.165, 1.54) is 16.5 Å². The first-order valence-electron chi connectivity index (χ1n) is 7.12. The maximum atomic E-state index is 13.9. The Hall–Kier alpha value is -1.52. The van der Waals surface area contributed by atoms with Gasteiger partial charge in [-0.15, -0.1) is 11.8 Å². The van der Waals surface area contributed by atoms with E-state index in [1.54, 1.807) is 6.07 Å². The third kappa shape index (κ3) is 3.39. The summed E-state index contributed by atoms with van der Waals surface area (Å²) in [4.78, 5) is 1.31. The zero-order valence-corrected chi connectivity index (χ0v) is 12.5. The van der Waals surface area contributed by atoms with Crippen molar-refractivity contribution in [1.82, 2.24) is 0 Å². The third-order valence-corrected chi connectivity index (χ3v) is 4.86. The first-order chi connectivity index (χ1) is 10.3. The van der Waals surface area contributed by atoms with Crippen LogP contribution in [-0.2, 0) is 12.8 Å². The molecule has 0 saturated heterocycles. The molecular formula is C17H18FNOS. The number of ether oxygens (including phenoxy) is 1. The van der Waals surface area contributed by atoms with E-state index in [2.05, 4.69) is 18.2 Å². The molecule has 0 radical (unpaired) electrons. The van der Waals surface area contributed by atoms with Crippen LogP contribution in [0.3, 0.4) is 0 Å². The molecule has 0 amide bonds. The van der Waals surface area contributed by atoms with E-state index >= 15 is 0 Å². The fourth-order valence-electron chi connectivity index (χ4n) is 2.51. The molecule has 0 spiro atoms. The second-order valence-corrected chi connectivity index (χ2v) is 6.51. The van der Waals surface area contributed by atoms with Gasteiger partial charge in [0.25, 0.3) is 0 Å². The van der Waals surface area contributed by atoms with Crippen LogP contribution in [-0.4, -0.2) is 18.4 Å². The van der Waals surface area contributed by atoms with Gasteiger partial charge in [-0.25, -0.2) is 4.39 Å². The van der Waals surface area contributed by atoms with Gasteiger partial charge in [0, 0.05) is 10.1 Å². The molecular weight excluding hydrogens is 285 g/mol. The van der Waals surface area contributed by atoms with E-state index in [0.717, 1.165) is 12.0 Å². The molecule has 21 heavy (non-hydrogen) atoms. The lowest BCUT2D eigenvalue weighted by atomic mass is 10.1. The molecule has 0 aliphatic carbocycles. The van der Waals surface area contributed by atoms with Crippen molar-refractivity contribution in [2.45, 2.75) is 23.0 Å². The molecule has 2 aromatic rings. The molecule has 2 nitrogen and oxygen atoms in total.